The zero-order chi connectivity index (χ0) is 17.9. The molecule has 138 valence electrons. The standard InChI is InChI=1S/C19H22BrN3O2S/c20-15-9-3-2-8-14(15)18-21-22-19(25-18)26-12-17(24)23-11-5-7-13-6-1-4-10-16(13)23/h2-3,8-9,13,16H,1,4-7,10-12H2. The number of hydrogen-bond acceptors (Lipinski definition) is 5. The average Bonchev–Trinajstić information content (AvgIpc) is 3.15. The quantitative estimate of drug-likeness (QED) is 0.646. The molecule has 26 heavy (non-hydrogen) atoms. The molecule has 1 aromatic heterocycles. The van der Waals surface area contributed by atoms with Gasteiger partial charge in [-0.3, -0.25) is 4.79 Å². The lowest BCUT2D eigenvalue weighted by molar-refractivity contribution is -0.134. The Morgan fingerprint density at radius 1 is 1.19 bits per heavy atom. The third-order valence-corrected chi connectivity index (χ3v) is 6.89. The predicted octanol–water partition coefficient (Wildman–Crippen LogP) is 4.77. The van der Waals surface area contributed by atoms with Crippen LogP contribution in [0.3, 0.4) is 0 Å². The smallest absolute Gasteiger partial charge is 0.277 e. The van der Waals surface area contributed by atoms with Gasteiger partial charge >= 0.3 is 0 Å². The van der Waals surface area contributed by atoms with Gasteiger partial charge in [-0.2, -0.15) is 0 Å². The van der Waals surface area contributed by atoms with E-state index in [1.807, 2.05) is 24.3 Å². The van der Waals surface area contributed by atoms with Crippen LogP contribution in [0.2, 0.25) is 0 Å². The Balaban J connectivity index is 1.38. The maximum absolute atomic E-state index is 12.8. The van der Waals surface area contributed by atoms with Crippen molar-refractivity contribution < 1.29 is 9.21 Å². The van der Waals surface area contributed by atoms with Gasteiger partial charge in [0.1, 0.15) is 0 Å². The average molecular weight is 436 g/mol. The predicted molar refractivity (Wildman–Crippen MR) is 105 cm³/mol. The molecule has 0 spiro atoms. The summed E-state index contributed by atoms with van der Waals surface area (Å²) < 4.78 is 6.65. The molecule has 4 rings (SSSR count). The highest BCUT2D eigenvalue weighted by atomic mass is 79.9. The SMILES string of the molecule is O=C(CSc1nnc(-c2ccccc2Br)o1)N1CCCC2CCCCC21. The van der Waals surface area contributed by atoms with Crippen molar-refractivity contribution in [2.24, 2.45) is 5.92 Å². The minimum absolute atomic E-state index is 0.201. The number of carbonyl (C=O) groups is 1. The lowest BCUT2D eigenvalue weighted by Crippen LogP contribution is -2.50. The van der Waals surface area contributed by atoms with Gasteiger partial charge in [0, 0.05) is 17.1 Å². The Kier molecular flexibility index (Phi) is 5.64. The van der Waals surface area contributed by atoms with Crippen LogP contribution in [-0.4, -0.2) is 39.3 Å². The molecular weight excluding hydrogens is 414 g/mol. The zero-order valence-corrected chi connectivity index (χ0v) is 17.0. The summed E-state index contributed by atoms with van der Waals surface area (Å²) >= 11 is 4.83. The van der Waals surface area contributed by atoms with Crippen molar-refractivity contribution in [3.63, 3.8) is 0 Å². The van der Waals surface area contributed by atoms with E-state index in [9.17, 15) is 4.79 Å². The Bertz CT molecular complexity index is 780. The molecule has 1 amide bonds. The largest absolute Gasteiger partial charge is 0.411 e. The van der Waals surface area contributed by atoms with Crippen molar-refractivity contribution in [3.05, 3.63) is 28.7 Å². The van der Waals surface area contributed by atoms with Crippen molar-refractivity contribution in [1.29, 1.82) is 0 Å². The second kappa shape index (κ2) is 8.13. The number of fused-ring (bicyclic) bond motifs is 1. The van der Waals surface area contributed by atoms with Gasteiger partial charge in [-0.25, -0.2) is 0 Å². The molecule has 2 aromatic rings. The molecule has 1 saturated heterocycles. The topological polar surface area (TPSA) is 59.2 Å². The molecule has 5 nitrogen and oxygen atoms in total. The van der Waals surface area contributed by atoms with Gasteiger partial charge in [0.15, 0.2) is 0 Å². The second-order valence-electron chi connectivity index (χ2n) is 6.98. The summed E-state index contributed by atoms with van der Waals surface area (Å²) in [4.78, 5) is 14.9. The Morgan fingerprint density at radius 2 is 2.00 bits per heavy atom. The normalized spacial score (nSPS) is 22.9. The number of amides is 1. The van der Waals surface area contributed by atoms with E-state index in [1.54, 1.807) is 0 Å². The fraction of sp³-hybridized carbons (Fsp3) is 0.526. The van der Waals surface area contributed by atoms with E-state index in [0.29, 0.717) is 28.8 Å². The van der Waals surface area contributed by atoms with Crippen LogP contribution >= 0.6 is 27.7 Å². The minimum Gasteiger partial charge on any atom is -0.411 e. The molecule has 2 fully saturated rings. The first kappa shape index (κ1) is 18.0. The molecule has 7 heteroatoms. The van der Waals surface area contributed by atoms with Gasteiger partial charge in [0.25, 0.3) is 5.22 Å². The van der Waals surface area contributed by atoms with Crippen molar-refractivity contribution in [3.8, 4) is 11.5 Å². The molecule has 2 unspecified atom stereocenters. The zero-order valence-electron chi connectivity index (χ0n) is 14.6. The molecule has 2 heterocycles. The molecule has 0 N–H and O–H groups in total. The maximum Gasteiger partial charge on any atom is 0.277 e. The van der Waals surface area contributed by atoms with E-state index in [2.05, 4.69) is 31.0 Å². The van der Waals surface area contributed by atoms with Crippen LogP contribution in [0.15, 0.2) is 38.4 Å². The summed E-state index contributed by atoms with van der Waals surface area (Å²) in [6.45, 7) is 0.895. The summed E-state index contributed by atoms with van der Waals surface area (Å²) in [6, 6.07) is 8.18. The first-order valence-electron chi connectivity index (χ1n) is 9.23. The van der Waals surface area contributed by atoms with E-state index in [1.165, 1.54) is 37.4 Å². The number of rotatable bonds is 4. The van der Waals surface area contributed by atoms with E-state index in [0.717, 1.165) is 29.4 Å². The van der Waals surface area contributed by atoms with Crippen LogP contribution in [-0.2, 0) is 4.79 Å². The number of thioether (sulfide) groups is 1. The molecule has 1 aromatic carbocycles. The highest BCUT2D eigenvalue weighted by Gasteiger charge is 2.35. The highest BCUT2D eigenvalue weighted by molar-refractivity contribution is 9.10. The third-order valence-electron chi connectivity index (χ3n) is 5.39. The Labute approximate surface area is 166 Å². The molecule has 1 aliphatic heterocycles. The number of nitrogens with zero attached hydrogens (tertiary/aromatic N) is 3. The lowest BCUT2D eigenvalue weighted by Gasteiger charge is -2.44. The van der Waals surface area contributed by atoms with Crippen molar-refractivity contribution in [1.82, 2.24) is 15.1 Å². The second-order valence-corrected chi connectivity index (χ2v) is 8.76. The van der Waals surface area contributed by atoms with Crippen LogP contribution in [0.5, 0.6) is 0 Å². The van der Waals surface area contributed by atoms with Crippen LogP contribution in [0.25, 0.3) is 11.5 Å². The number of halogens is 1. The van der Waals surface area contributed by atoms with Crippen molar-refractivity contribution in [2.45, 2.75) is 49.8 Å². The Morgan fingerprint density at radius 3 is 2.88 bits per heavy atom. The first-order chi connectivity index (χ1) is 12.7. The van der Waals surface area contributed by atoms with Crippen molar-refractivity contribution in [2.75, 3.05) is 12.3 Å². The number of aromatic nitrogens is 2. The summed E-state index contributed by atoms with van der Waals surface area (Å²) in [5.41, 5.74) is 0.860. The molecule has 1 saturated carbocycles. The van der Waals surface area contributed by atoms with Crippen LogP contribution in [0.4, 0.5) is 0 Å². The number of likely N-dealkylation sites (tertiary alicyclic amines) is 1. The van der Waals surface area contributed by atoms with Gasteiger partial charge in [-0.1, -0.05) is 36.7 Å². The van der Waals surface area contributed by atoms with Gasteiger partial charge in [-0.15, -0.1) is 10.2 Å². The molecule has 0 radical (unpaired) electrons. The Hall–Kier alpha value is -1.34. The third kappa shape index (κ3) is 3.83. The van der Waals surface area contributed by atoms with E-state index in [4.69, 9.17) is 4.42 Å². The molecular formula is C19H22BrN3O2S. The number of benzene rings is 1. The van der Waals surface area contributed by atoms with E-state index < -0.39 is 0 Å². The highest BCUT2D eigenvalue weighted by Crippen LogP contribution is 2.36. The number of hydrogen-bond donors (Lipinski definition) is 0. The van der Waals surface area contributed by atoms with E-state index >= 15 is 0 Å². The number of carbonyl (C=O) groups excluding carboxylic acids is 1. The van der Waals surface area contributed by atoms with Crippen LogP contribution in [0, 0.1) is 5.92 Å². The van der Waals surface area contributed by atoms with Crippen LogP contribution < -0.4 is 0 Å². The van der Waals surface area contributed by atoms with Gasteiger partial charge < -0.3 is 9.32 Å². The first-order valence-corrected chi connectivity index (χ1v) is 11.0. The van der Waals surface area contributed by atoms with Gasteiger partial charge in [0.2, 0.25) is 11.8 Å². The number of piperidine rings is 1. The summed E-state index contributed by atoms with van der Waals surface area (Å²) in [5, 5.41) is 8.64. The summed E-state index contributed by atoms with van der Waals surface area (Å²) in [5.74, 6) is 1.74. The molecule has 1 aliphatic carbocycles. The molecule has 2 atom stereocenters. The maximum atomic E-state index is 12.8. The van der Waals surface area contributed by atoms with Crippen molar-refractivity contribution >= 4 is 33.6 Å². The van der Waals surface area contributed by atoms with E-state index in [-0.39, 0.29) is 5.91 Å². The van der Waals surface area contributed by atoms with Gasteiger partial charge in [0.05, 0.1) is 11.3 Å². The molecule has 0 bridgehead atoms. The molecule has 2 aliphatic rings. The lowest BCUT2D eigenvalue weighted by atomic mass is 9.78. The van der Waals surface area contributed by atoms with Gasteiger partial charge in [-0.05, 0) is 59.7 Å². The fourth-order valence-corrected chi connectivity index (χ4v) is 5.26. The summed E-state index contributed by atoms with van der Waals surface area (Å²) in [6.07, 6.45) is 7.41. The van der Waals surface area contributed by atoms with Crippen LogP contribution in [0.1, 0.15) is 38.5 Å². The minimum atomic E-state index is 0.201. The fourth-order valence-electron chi connectivity index (χ4n) is 4.15. The monoisotopic (exact) mass is 435 g/mol. The summed E-state index contributed by atoms with van der Waals surface area (Å²) in [7, 11) is 0.